The molecule has 0 radical (unpaired) electrons. The summed E-state index contributed by atoms with van der Waals surface area (Å²) >= 11 is 5.89. The molecule has 0 saturated carbocycles. The van der Waals surface area contributed by atoms with Crippen molar-refractivity contribution < 1.29 is 4.74 Å². The van der Waals surface area contributed by atoms with Gasteiger partial charge in [-0.05, 0) is 42.7 Å². The van der Waals surface area contributed by atoms with Gasteiger partial charge in [0.15, 0.2) is 0 Å². The normalized spacial score (nSPS) is 11.0. The smallest absolute Gasteiger partial charge is 0.132 e. The van der Waals surface area contributed by atoms with Gasteiger partial charge in [0.2, 0.25) is 0 Å². The Balaban J connectivity index is 1.76. The molecule has 0 atom stereocenters. The number of ether oxygens (including phenoxy) is 1. The zero-order valence-corrected chi connectivity index (χ0v) is 13.5. The summed E-state index contributed by atoms with van der Waals surface area (Å²) in [6.07, 6.45) is 6.66. The molecule has 2 aromatic heterocycles. The van der Waals surface area contributed by atoms with Gasteiger partial charge in [-0.2, -0.15) is 0 Å². The number of hydrogen-bond donors (Lipinski definition) is 0. The number of nitrogens with zero attached hydrogens (tertiary/aromatic N) is 3. The van der Waals surface area contributed by atoms with Crippen molar-refractivity contribution in [2.75, 3.05) is 7.11 Å². The molecule has 114 valence electrons. The summed E-state index contributed by atoms with van der Waals surface area (Å²) in [6.45, 7) is 0. The lowest BCUT2D eigenvalue weighted by molar-refractivity contribution is 0.415. The van der Waals surface area contributed by atoms with Crippen LogP contribution in [0.15, 0.2) is 36.7 Å². The van der Waals surface area contributed by atoms with Gasteiger partial charge in [-0.3, -0.25) is 0 Å². The van der Waals surface area contributed by atoms with Gasteiger partial charge in [0.1, 0.15) is 16.7 Å². The monoisotopic (exact) mass is 315 g/mol. The van der Waals surface area contributed by atoms with E-state index < -0.39 is 0 Å². The summed E-state index contributed by atoms with van der Waals surface area (Å²) < 4.78 is 7.48. The molecule has 2 heterocycles. The summed E-state index contributed by atoms with van der Waals surface area (Å²) in [5, 5.41) is 1.74. The van der Waals surface area contributed by atoms with Crippen LogP contribution in [0.2, 0.25) is 5.15 Å². The van der Waals surface area contributed by atoms with E-state index in [0.29, 0.717) is 5.15 Å². The number of hydrogen-bond acceptors (Lipinski definition) is 3. The molecule has 0 unspecified atom stereocenters. The third-order valence-corrected chi connectivity index (χ3v) is 4.01. The molecule has 4 nitrogen and oxygen atoms in total. The van der Waals surface area contributed by atoms with Crippen molar-refractivity contribution in [1.29, 1.82) is 0 Å². The van der Waals surface area contributed by atoms with Crippen molar-refractivity contribution in [2.24, 2.45) is 7.05 Å². The highest BCUT2D eigenvalue weighted by molar-refractivity contribution is 6.29. The molecule has 22 heavy (non-hydrogen) atoms. The summed E-state index contributed by atoms with van der Waals surface area (Å²) in [5.74, 6) is 1.68. The van der Waals surface area contributed by atoms with E-state index in [4.69, 9.17) is 16.3 Å². The maximum absolute atomic E-state index is 5.89. The van der Waals surface area contributed by atoms with Gasteiger partial charge < -0.3 is 9.30 Å². The highest BCUT2D eigenvalue weighted by atomic mass is 35.5. The largest absolute Gasteiger partial charge is 0.497 e. The molecule has 0 bridgehead atoms. The number of benzene rings is 1. The molecule has 0 aliphatic heterocycles. The zero-order valence-electron chi connectivity index (χ0n) is 12.7. The molecule has 0 N–H and O–H groups in total. The van der Waals surface area contributed by atoms with Gasteiger partial charge in [0.25, 0.3) is 0 Å². The average molecular weight is 316 g/mol. The minimum absolute atomic E-state index is 0.500. The molecule has 0 spiro atoms. The van der Waals surface area contributed by atoms with Crippen LogP contribution in [-0.2, 0) is 19.9 Å². The van der Waals surface area contributed by atoms with Crippen LogP contribution in [0, 0.1) is 0 Å². The lowest BCUT2D eigenvalue weighted by Gasteiger charge is -2.03. The lowest BCUT2D eigenvalue weighted by atomic mass is 10.1. The van der Waals surface area contributed by atoms with Crippen LogP contribution in [0.4, 0.5) is 0 Å². The topological polar surface area (TPSA) is 39.9 Å². The molecule has 0 fully saturated rings. The van der Waals surface area contributed by atoms with Crippen LogP contribution in [-0.4, -0.2) is 21.6 Å². The zero-order chi connectivity index (χ0) is 15.5. The molecule has 0 amide bonds. The Morgan fingerprint density at radius 2 is 2.09 bits per heavy atom. The second kappa shape index (κ2) is 6.36. The van der Waals surface area contributed by atoms with Crippen molar-refractivity contribution in [3.63, 3.8) is 0 Å². The van der Waals surface area contributed by atoms with Crippen molar-refractivity contribution in [3.8, 4) is 5.75 Å². The minimum atomic E-state index is 0.500. The number of rotatable bonds is 5. The highest BCUT2D eigenvalue weighted by Gasteiger charge is 2.08. The molecule has 1 aromatic carbocycles. The van der Waals surface area contributed by atoms with E-state index in [9.17, 15) is 0 Å². The number of halogens is 1. The second-order valence-electron chi connectivity index (χ2n) is 5.30. The standard InChI is InChI=1S/C17H18ClN3O/c1-21-11-12(14-10-13(22-2)6-7-15(14)21)4-3-5-17-19-9-8-16(18)20-17/h6-11H,3-5H2,1-2H3. The number of methoxy groups -OCH3 is 1. The Kier molecular flexibility index (Phi) is 4.29. The van der Waals surface area contributed by atoms with E-state index in [-0.39, 0.29) is 0 Å². The molecular formula is C17H18ClN3O. The van der Waals surface area contributed by atoms with Crippen LogP contribution >= 0.6 is 11.6 Å². The van der Waals surface area contributed by atoms with E-state index in [1.807, 2.05) is 6.07 Å². The Hall–Kier alpha value is -2.07. The second-order valence-corrected chi connectivity index (χ2v) is 5.68. The van der Waals surface area contributed by atoms with Gasteiger partial charge in [0, 0.05) is 36.8 Å². The van der Waals surface area contributed by atoms with E-state index >= 15 is 0 Å². The number of aryl methyl sites for hydroxylation is 3. The SMILES string of the molecule is COc1ccc2c(c1)c(CCCc1nccc(Cl)n1)cn2C. The lowest BCUT2D eigenvalue weighted by Crippen LogP contribution is -1.96. The van der Waals surface area contributed by atoms with E-state index in [0.717, 1.165) is 30.8 Å². The third-order valence-electron chi connectivity index (χ3n) is 3.80. The fourth-order valence-electron chi connectivity index (χ4n) is 2.71. The van der Waals surface area contributed by atoms with Crippen LogP contribution in [0.25, 0.3) is 10.9 Å². The first-order valence-electron chi connectivity index (χ1n) is 7.27. The predicted octanol–water partition coefficient (Wildman–Crippen LogP) is 3.81. The van der Waals surface area contributed by atoms with Gasteiger partial charge in [-0.15, -0.1) is 0 Å². The van der Waals surface area contributed by atoms with E-state index in [1.165, 1.54) is 16.5 Å². The van der Waals surface area contributed by atoms with Crippen molar-refractivity contribution in [3.05, 3.63) is 53.2 Å². The first-order valence-corrected chi connectivity index (χ1v) is 7.64. The Morgan fingerprint density at radius 1 is 1.23 bits per heavy atom. The van der Waals surface area contributed by atoms with Gasteiger partial charge >= 0.3 is 0 Å². The fraction of sp³-hybridized carbons (Fsp3) is 0.294. The highest BCUT2D eigenvalue weighted by Crippen LogP contribution is 2.26. The predicted molar refractivity (Wildman–Crippen MR) is 88.5 cm³/mol. The van der Waals surface area contributed by atoms with Crippen LogP contribution in [0.1, 0.15) is 17.8 Å². The summed E-state index contributed by atoms with van der Waals surface area (Å²) in [7, 11) is 3.76. The fourth-order valence-corrected chi connectivity index (χ4v) is 2.86. The first-order chi connectivity index (χ1) is 10.7. The Labute approximate surface area is 134 Å². The van der Waals surface area contributed by atoms with E-state index in [1.54, 1.807) is 19.4 Å². The van der Waals surface area contributed by atoms with Crippen molar-refractivity contribution in [1.82, 2.24) is 14.5 Å². The summed E-state index contributed by atoms with van der Waals surface area (Å²) in [4.78, 5) is 8.47. The quantitative estimate of drug-likeness (QED) is 0.672. The molecule has 3 aromatic rings. The van der Waals surface area contributed by atoms with Crippen LogP contribution in [0.5, 0.6) is 5.75 Å². The van der Waals surface area contributed by atoms with Gasteiger partial charge in [-0.25, -0.2) is 9.97 Å². The molecule has 3 rings (SSSR count). The maximum Gasteiger partial charge on any atom is 0.132 e. The molecule has 5 heteroatoms. The van der Waals surface area contributed by atoms with Gasteiger partial charge in [0.05, 0.1) is 7.11 Å². The molecule has 0 saturated heterocycles. The van der Waals surface area contributed by atoms with Crippen LogP contribution in [0.3, 0.4) is 0 Å². The minimum Gasteiger partial charge on any atom is -0.497 e. The van der Waals surface area contributed by atoms with Gasteiger partial charge in [-0.1, -0.05) is 11.6 Å². The van der Waals surface area contributed by atoms with Crippen molar-refractivity contribution in [2.45, 2.75) is 19.3 Å². The third kappa shape index (κ3) is 3.07. The molecular weight excluding hydrogens is 298 g/mol. The number of fused-ring (bicyclic) bond motifs is 1. The van der Waals surface area contributed by atoms with E-state index in [2.05, 4.69) is 39.9 Å². The molecule has 0 aliphatic carbocycles. The number of aromatic nitrogens is 3. The maximum atomic E-state index is 5.89. The van der Waals surface area contributed by atoms with Crippen molar-refractivity contribution >= 4 is 22.5 Å². The Morgan fingerprint density at radius 3 is 2.86 bits per heavy atom. The molecule has 0 aliphatic rings. The summed E-state index contributed by atoms with van der Waals surface area (Å²) in [5.41, 5.74) is 2.54. The Bertz CT molecular complexity index is 798. The first kappa shape index (κ1) is 14.9. The van der Waals surface area contributed by atoms with Crippen LogP contribution < -0.4 is 4.74 Å². The average Bonchev–Trinajstić information content (AvgIpc) is 2.83. The summed E-state index contributed by atoms with van der Waals surface area (Å²) in [6, 6.07) is 7.88.